The second-order valence-electron chi connectivity index (χ2n) is 6.87. The molecule has 0 saturated carbocycles. The summed E-state index contributed by atoms with van der Waals surface area (Å²) in [5.74, 6) is 0.407. The van der Waals surface area contributed by atoms with Crippen LogP contribution in [-0.2, 0) is 10.2 Å². The van der Waals surface area contributed by atoms with E-state index in [0.29, 0.717) is 5.75 Å². The first-order valence-electron chi connectivity index (χ1n) is 8.07. The molecule has 132 valence electrons. The van der Waals surface area contributed by atoms with Gasteiger partial charge < -0.3 is 4.74 Å². The van der Waals surface area contributed by atoms with Crippen LogP contribution in [0.1, 0.15) is 37.5 Å². The van der Waals surface area contributed by atoms with Gasteiger partial charge in [0.15, 0.2) is 6.61 Å². The fourth-order valence-corrected chi connectivity index (χ4v) is 2.64. The number of amides is 1. The maximum absolute atomic E-state index is 11.9. The number of halogens is 1. The second-order valence-corrected chi connectivity index (χ2v) is 7.78. The molecule has 4 nitrogen and oxygen atoms in total. The first-order valence-corrected chi connectivity index (χ1v) is 8.86. The number of hydrazone groups is 1. The smallest absolute Gasteiger partial charge is 0.277 e. The molecule has 0 spiro atoms. The lowest BCUT2D eigenvalue weighted by Crippen LogP contribution is -2.24. The summed E-state index contributed by atoms with van der Waals surface area (Å²) < 4.78 is 6.55. The Hall–Kier alpha value is -2.14. The van der Waals surface area contributed by atoms with E-state index < -0.39 is 0 Å². The highest BCUT2D eigenvalue weighted by atomic mass is 79.9. The van der Waals surface area contributed by atoms with Gasteiger partial charge >= 0.3 is 0 Å². The van der Waals surface area contributed by atoms with Crippen LogP contribution >= 0.6 is 15.9 Å². The van der Waals surface area contributed by atoms with Crippen molar-refractivity contribution in [2.75, 3.05) is 6.61 Å². The molecule has 0 aliphatic heterocycles. The van der Waals surface area contributed by atoms with E-state index in [1.807, 2.05) is 43.3 Å². The molecule has 2 rings (SSSR count). The number of rotatable bonds is 5. The van der Waals surface area contributed by atoms with E-state index in [0.717, 1.165) is 15.6 Å². The molecular formula is C20H23BrN2O2. The van der Waals surface area contributed by atoms with Gasteiger partial charge in [0.1, 0.15) is 5.75 Å². The number of aryl methyl sites for hydroxylation is 1. The Labute approximate surface area is 157 Å². The third-order valence-electron chi connectivity index (χ3n) is 3.65. The van der Waals surface area contributed by atoms with Crippen LogP contribution in [0, 0.1) is 6.92 Å². The van der Waals surface area contributed by atoms with Gasteiger partial charge in [-0.05, 0) is 47.2 Å². The molecule has 0 aliphatic carbocycles. The van der Waals surface area contributed by atoms with E-state index in [2.05, 4.69) is 53.3 Å². The Balaban J connectivity index is 1.88. The lowest BCUT2D eigenvalue weighted by Gasteiger charge is -2.20. The number of nitrogens with one attached hydrogen (secondary N) is 1. The maximum atomic E-state index is 11.9. The zero-order chi connectivity index (χ0) is 18.4. The van der Waals surface area contributed by atoms with Crippen LogP contribution in [0.2, 0.25) is 0 Å². The molecule has 0 aliphatic rings. The Kier molecular flexibility index (Phi) is 6.37. The lowest BCUT2D eigenvalue weighted by atomic mass is 9.86. The molecule has 0 heterocycles. The summed E-state index contributed by atoms with van der Waals surface area (Å²) in [5, 5.41) is 3.94. The number of nitrogens with zero attached hydrogens (tertiary/aromatic N) is 1. The minimum Gasteiger partial charge on any atom is -0.483 e. The van der Waals surface area contributed by atoms with Crippen molar-refractivity contribution in [2.24, 2.45) is 5.10 Å². The molecule has 0 saturated heterocycles. The molecule has 0 bridgehead atoms. The van der Waals surface area contributed by atoms with Crippen LogP contribution in [0.4, 0.5) is 0 Å². The Morgan fingerprint density at radius 1 is 1.24 bits per heavy atom. The molecule has 0 unspecified atom stereocenters. The van der Waals surface area contributed by atoms with E-state index >= 15 is 0 Å². The normalized spacial score (nSPS) is 11.6. The molecule has 5 heteroatoms. The Morgan fingerprint density at radius 3 is 2.64 bits per heavy atom. The van der Waals surface area contributed by atoms with Gasteiger partial charge in [-0.3, -0.25) is 4.79 Å². The summed E-state index contributed by atoms with van der Waals surface area (Å²) in [6, 6.07) is 13.7. The SMILES string of the molecule is Cc1cc(C(C)(C)C)ccc1OCC(=O)NN=Cc1cccc(Br)c1. The highest BCUT2D eigenvalue weighted by Crippen LogP contribution is 2.27. The standard InChI is InChI=1S/C20H23BrN2O2/c1-14-10-16(20(2,3)4)8-9-18(14)25-13-19(24)23-22-12-15-6-5-7-17(21)11-15/h5-12H,13H2,1-4H3,(H,23,24). The van der Waals surface area contributed by atoms with E-state index in [1.165, 1.54) is 5.56 Å². The van der Waals surface area contributed by atoms with Gasteiger partial charge in [-0.2, -0.15) is 5.10 Å². The minimum absolute atomic E-state index is 0.0778. The summed E-state index contributed by atoms with van der Waals surface area (Å²) in [6.45, 7) is 8.40. The minimum atomic E-state index is -0.300. The average molecular weight is 403 g/mol. The topological polar surface area (TPSA) is 50.7 Å². The van der Waals surface area contributed by atoms with E-state index in [9.17, 15) is 4.79 Å². The number of benzene rings is 2. The second kappa shape index (κ2) is 8.30. The summed E-state index contributed by atoms with van der Waals surface area (Å²) in [4.78, 5) is 11.9. The highest BCUT2D eigenvalue weighted by molar-refractivity contribution is 9.10. The van der Waals surface area contributed by atoms with Crippen molar-refractivity contribution in [3.63, 3.8) is 0 Å². The monoisotopic (exact) mass is 402 g/mol. The van der Waals surface area contributed by atoms with Crippen LogP contribution in [-0.4, -0.2) is 18.7 Å². The average Bonchev–Trinajstić information content (AvgIpc) is 2.53. The molecule has 25 heavy (non-hydrogen) atoms. The number of carbonyl (C=O) groups is 1. The zero-order valence-corrected chi connectivity index (χ0v) is 16.6. The zero-order valence-electron chi connectivity index (χ0n) is 15.0. The molecule has 1 amide bonds. The van der Waals surface area contributed by atoms with Crippen LogP contribution in [0.3, 0.4) is 0 Å². The quantitative estimate of drug-likeness (QED) is 0.587. The molecule has 2 aromatic carbocycles. The largest absolute Gasteiger partial charge is 0.483 e. The predicted molar refractivity (Wildman–Crippen MR) is 105 cm³/mol. The van der Waals surface area contributed by atoms with Crippen molar-refractivity contribution in [3.05, 3.63) is 63.6 Å². The first kappa shape index (κ1) is 19.2. The van der Waals surface area contributed by atoms with Gasteiger partial charge in [0, 0.05) is 4.47 Å². The van der Waals surface area contributed by atoms with E-state index in [4.69, 9.17) is 4.74 Å². The number of ether oxygens (including phenoxy) is 1. The Bertz CT molecular complexity index is 780. The van der Waals surface area contributed by atoms with Crippen LogP contribution in [0.15, 0.2) is 52.0 Å². The molecular weight excluding hydrogens is 380 g/mol. The summed E-state index contributed by atoms with van der Waals surface area (Å²) in [6.07, 6.45) is 1.59. The van der Waals surface area contributed by atoms with Crippen molar-refractivity contribution in [2.45, 2.75) is 33.1 Å². The number of hydrogen-bond acceptors (Lipinski definition) is 3. The number of hydrogen-bond donors (Lipinski definition) is 1. The summed E-state index contributed by atoms with van der Waals surface area (Å²) in [7, 11) is 0. The molecule has 0 radical (unpaired) electrons. The third kappa shape index (κ3) is 6.02. The Morgan fingerprint density at radius 2 is 2.00 bits per heavy atom. The summed E-state index contributed by atoms with van der Waals surface area (Å²) in [5.41, 5.74) is 5.69. The molecule has 2 aromatic rings. The maximum Gasteiger partial charge on any atom is 0.277 e. The predicted octanol–water partition coefficient (Wildman–Crippen LogP) is 4.58. The lowest BCUT2D eigenvalue weighted by molar-refractivity contribution is -0.123. The number of carbonyl (C=O) groups excluding carboxylic acids is 1. The molecule has 1 N–H and O–H groups in total. The van der Waals surface area contributed by atoms with Gasteiger partial charge in [0.05, 0.1) is 6.21 Å². The summed E-state index contributed by atoms with van der Waals surface area (Å²) >= 11 is 3.39. The third-order valence-corrected chi connectivity index (χ3v) is 4.14. The van der Waals surface area contributed by atoms with Gasteiger partial charge in [0.25, 0.3) is 5.91 Å². The fraction of sp³-hybridized carbons (Fsp3) is 0.300. The van der Waals surface area contributed by atoms with Crippen molar-refractivity contribution in [3.8, 4) is 5.75 Å². The van der Waals surface area contributed by atoms with Crippen molar-refractivity contribution in [1.29, 1.82) is 0 Å². The van der Waals surface area contributed by atoms with Crippen LogP contribution in [0.25, 0.3) is 0 Å². The van der Waals surface area contributed by atoms with Gasteiger partial charge in [-0.1, -0.05) is 61.0 Å². The molecule has 0 aromatic heterocycles. The van der Waals surface area contributed by atoms with Gasteiger partial charge in [-0.25, -0.2) is 5.43 Å². The van der Waals surface area contributed by atoms with Crippen molar-refractivity contribution in [1.82, 2.24) is 5.43 Å². The van der Waals surface area contributed by atoms with E-state index in [1.54, 1.807) is 6.21 Å². The van der Waals surface area contributed by atoms with Crippen LogP contribution in [0.5, 0.6) is 5.75 Å². The fourth-order valence-electron chi connectivity index (χ4n) is 2.22. The van der Waals surface area contributed by atoms with Gasteiger partial charge in [-0.15, -0.1) is 0 Å². The van der Waals surface area contributed by atoms with E-state index in [-0.39, 0.29) is 17.9 Å². The van der Waals surface area contributed by atoms with Gasteiger partial charge in [0.2, 0.25) is 0 Å². The molecule has 0 fully saturated rings. The van der Waals surface area contributed by atoms with Crippen LogP contribution < -0.4 is 10.2 Å². The van der Waals surface area contributed by atoms with Crippen molar-refractivity contribution < 1.29 is 9.53 Å². The molecule has 0 atom stereocenters. The van der Waals surface area contributed by atoms with Crippen molar-refractivity contribution >= 4 is 28.1 Å². The highest BCUT2D eigenvalue weighted by Gasteiger charge is 2.15. The first-order chi connectivity index (χ1) is 11.8.